The van der Waals surface area contributed by atoms with Crippen LogP contribution in [0.2, 0.25) is 0 Å². The van der Waals surface area contributed by atoms with Crippen molar-refractivity contribution >= 4 is 0 Å². The lowest BCUT2D eigenvalue weighted by atomic mass is 10.0. The number of hydrogen-bond acceptors (Lipinski definition) is 4. The molecule has 0 aromatic heterocycles. The molecule has 4 heteroatoms. The van der Waals surface area contributed by atoms with E-state index in [1.54, 1.807) is 7.11 Å². The number of nitrogens with one attached hydrogen (secondary N) is 1. The number of hydrogen-bond donors (Lipinski definition) is 2. The molecule has 0 spiro atoms. The van der Waals surface area contributed by atoms with Gasteiger partial charge in [-0.25, -0.2) is 0 Å². The molecule has 2 atom stereocenters. The fraction of sp³-hybridized carbons (Fsp3) is 0.625. The fourth-order valence-corrected chi connectivity index (χ4v) is 2.03. The topological polar surface area (TPSA) is 50.7 Å². The van der Waals surface area contributed by atoms with Gasteiger partial charge in [0.15, 0.2) is 0 Å². The predicted octanol–water partition coefficient (Wildman–Crippen LogP) is 2.44. The third-order valence-corrected chi connectivity index (χ3v) is 3.12. The van der Waals surface area contributed by atoms with E-state index in [1.807, 2.05) is 12.1 Å². The number of methoxy groups -OCH3 is 1. The van der Waals surface area contributed by atoms with Crippen molar-refractivity contribution in [3.63, 3.8) is 0 Å². The van der Waals surface area contributed by atoms with Crippen LogP contribution < -0.4 is 10.1 Å². The van der Waals surface area contributed by atoms with Crippen LogP contribution in [0, 0.1) is 6.92 Å². The van der Waals surface area contributed by atoms with Crippen LogP contribution in [0.3, 0.4) is 0 Å². The Bertz CT molecular complexity index is 395. The normalized spacial score (nSPS) is 14.1. The molecule has 0 saturated carbocycles. The molecule has 0 amide bonds. The average Bonchev–Trinajstić information content (AvgIpc) is 2.43. The molecule has 0 bridgehead atoms. The molecule has 2 N–H and O–H groups in total. The first-order valence-electron chi connectivity index (χ1n) is 7.22. The first-order chi connectivity index (χ1) is 9.58. The van der Waals surface area contributed by atoms with Crippen LogP contribution in [0.4, 0.5) is 0 Å². The van der Waals surface area contributed by atoms with Crippen LogP contribution in [-0.2, 0) is 4.74 Å². The van der Waals surface area contributed by atoms with Gasteiger partial charge in [0, 0.05) is 18.7 Å². The van der Waals surface area contributed by atoms with Crippen molar-refractivity contribution in [2.75, 3.05) is 26.9 Å². The molecule has 0 fully saturated rings. The van der Waals surface area contributed by atoms with Crippen molar-refractivity contribution in [2.24, 2.45) is 0 Å². The van der Waals surface area contributed by atoms with Gasteiger partial charge in [0.2, 0.25) is 0 Å². The van der Waals surface area contributed by atoms with E-state index in [9.17, 15) is 5.11 Å². The van der Waals surface area contributed by atoms with Crippen LogP contribution in [-0.4, -0.2) is 38.1 Å². The minimum absolute atomic E-state index is 0.226. The van der Waals surface area contributed by atoms with E-state index in [4.69, 9.17) is 9.47 Å². The summed E-state index contributed by atoms with van der Waals surface area (Å²) in [6.07, 6.45) is 0.492. The van der Waals surface area contributed by atoms with Crippen molar-refractivity contribution in [2.45, 2.75) is 39.3 Å². The molecule has 2 unspecified atom stereocenters. The van der Waals surface area contributed by atoms with Crippen molar-refractivity contribution < 1.29 is 14.6 Å². The van der Waals surface area contributed by atoms with Gasteiger partial charge in [0.05, 0.1) is 6.61 Å². The number of aliphatic hydroxyl groups is 1. The molecule has 4 nitrogen and oxygen atoms in total. The minimum Gasteiger partial charge on any atom is -0.490 e. The van der Waals surface area contributed by atoms with Gasteiger partial charge < -0.3 is 19.9 Å². The third-order valence-electron chi connectivity index (χ3n) is 3.12. The Balaban J connectivity index is 2.73. The molecule has 1 aromatic carbocycles. The molecule has 1 rings (SSSR count). The largest absolute Gasteiger partial charge is 0.490 e. The van der Waals surface area contributed by atoms with E-state index in [0.717, 1.165) is 24.3 Å². The van der Waals surface area contributed by atoms with Crippen molar-refractivity contribution in [1.29, 1.82) is 0 Å². The van der Waals surface area contributed by atoms with Crippen LogP contribution in [0.5, 0.6) is 5.75 Å². The summed E-state index contributed by atoms with van der Waals surface area (Å²) in [7, 11) is 1.57. The molecular weight excluding hydrogens is 254 g/mol. The lowest BCUT2D eigenvalue weighted by Crippen LogP contribution is -2.24. The predicted molar refractivity (Wildman–Crippen MR) is 81.3 cm³/mol. The van der Waals surface area contributed by atoms with Crippen molar-refractivity contribution in [1.82, 2.24) is 5.32 Å². The van der Waals surface area contributed by atoms with Crippen molar-refractivity contribution in [3.8, 4) is 5.75 Å². The second-order valence-corrected chi connectivity index (χ2v) is 5.14. The van der Waals surface area contributed by atoms with Gasteiger partial charge >= 0.3 is 0 Å². The Morgan fingerprint density at radius 2 is 2.05 bits per heavy atom. The number of ether oxygens (including phenoxy) is 2. The smallest absolute Gasteiger partial charge is 0.124 e. The maximum absolute atomic E-state index is 9.67. The van der Waals surface area contributed by atoms with Crippen LogP contribution in [0.25, 0.3) is 0 Å². The molecule has 0 saturated heterocycles. The highest BCUT2D eigenvalue weighted by Crippen LogP contribution is 2.26. The van der Waals surface area contributed by atoms with Gasteiger partial charge in [-0.1, -0.05) is 24.6 Å². The van der Waals surface area contributed by atoms with E-state index in [2.05, 4.69) is 32.2 Å². The zero-order chi connectivity index (χ0) is 15.0. The first kappa shape index (κ1) is 17.0. The van der Waals surface area contributed by atoms with Crippen LogP contribution in [0.15, 0.2) is 18.2 Å². The Labute approximate surface area is 122 Å². The number of rotatable bonds is 9. The highest BCUT2D eigenvalue weighted by atomic mass is 16.5. The number of benzene rings is 1. The first-order valence-corrected chi connectivity index (χ1v) is 7.22. The second kappa shape index (κ2) is 8.95. The molecule has 1 aromatic rings. The zero-order valence-electron chi connectivity index (χ0n) is 13.0. The monoisotopic (exact) mass is 281 g/mol. The highest BCUT2D eigenvalue weighted by molar-refractivity contribution is 5.39. The van der Waals surface area contributed by atoms with E-state index in [1.165, 1.54) is 5.56 Å². The summed E-state index contributed by atoms with van der Waals surface area (Å²) < 4.78 is 10.6. The van der Waals surface area contributed by atoms with E-state index < -0.39 is 6.10 Å². The van der Waals surface area contributed by atoms with E-state index in [-0.39, 0.29) is 19.3 Å². The van der Waals surface area contributed by atoms with Crippen molar-refractivity contribution in [3.05, 3.63) is 29.3 Å². The molecular formula is C16H27NO3. The Morgan fingerprint density at radius 1 is 1.30 bits per heavy atom. The van der Waals surface area contributed by atoms with E-state index in [0.29, 0.717) is 0 Å². The van der Waals surface area contributed by atoms with Gasteiger partial charge in [0.1, 0.15) is 18.5 Å². The second-order valence-electron chi connectivity index (χ2n) is 5.14. The maximum atomic E-state index is 9.67. The summed E-state index contributed by atoms with van der Waals surface area (Å²) in [6, 6.07) is 6.35. The summed E-state index contributed by atoms with van der Waals surface area (Å²) in [5.41, 5.74) is 2.33. The molecule has 114 valence electrons. The standard InChI is InChI=1S/C16H27NO3/c1-5-8-17-13(3)15-9-12(2)6-7-16(15)20-11-14(18)10-19-4/h6-7,9,13-14,17-18H,5,8,10-11H2,1-4H3. The molecule has 0 aliphatic heterocycles. The Kier molecular flexibility index (Phi) is 7.59. The maximum Gasteiger partial charge on any atom is 0.124 e. The minimum atomic E-state index is -0.604. The SMILES string of the molecule is CCCNC(C)c1cc(C)ccc1OCC(O)COC. The van der Waals surface area contributed by atoms with Gasteiger partial charge in [-0.05, 0) is 32.9 Å². The van der Waals surface area contributed by atoms with Crippen LogP contribution in [0.1, 0.15) is 37.4 Å². The molecule has 20 heavy (non-hydrogen) atoms. The summed E-state index contributed by atoms with van der Waals surface area (Å²) in [4.78, 5) is 0. The number of aryl methyl sites for hydroxylation is 1. The zero-order valence-corrected chi connectivity index (χ0v) is 13.0. The number of aliphatic hydroxyl groups excluding tert-OH is 1. The highest BCUT2D eigenvalue weighted by Gasteiger charge is 2.13. The molecule has 0 radical (unpaired) electrons. The fourth-order valence-electron chi connectivity index (χ4n) is 2.03. The van der Waals surface area contributed by atoms with E-state index >= 15 is 0 Å². The Hall–Kier alpha value is -1.10. The quantitative estimate of drug-likeness (QED) is 0.730. The summed E-state index contributed by atoms with van der Waals surface area (Å²) in [6.45, 7) is 7.84. The summed E-state index contributed by atoms with van der Waals surface area (Å²) >= 11 is 0. The molecule has 0 aliphatic rings. The van der Waals surface area contributed by atoms with Crippen LogP contribution >= 0.6 is 0 Å². The lowest BCUT2D eigenvalue weighted by molar-refractivity contribution is 0.0322. The van der Waals surface area contributed by atoms with Gasteiger partial charge in [-0.2, -0.15) is 0 Å². The molecule has 0 heterocycles. The van der Waals surface area contributed by atoms with Gasteiger partial charge in [0.25, 0.3) is 0 Å². The van der Waals surface area contributed by atoms with Gasteiger partial charge in [-0.3, -0.25) is 0 Å². The molecule has 0 aliphatic carbocycles. The third kappa shape index (κ3) is 5.49. The Morgan fingerprint density at radius 3 is 2.70 bits per heavy atom. The van der Waals surface area contributed by atoms with Gasteiger partial charge in [-0.15, -0.1) is 0 Å². The summed E-state index contributed by atoms with van der Waals surface area (Å²) in [5, 5.41) is 13.1. The summed E-state index contributed by atoms with van der Waals surface area (Å²) in [5.74, 6) is 0.821. The lowest BCUT2D eigenvalue weighted by Gasteiger charge is -2.20. The average molecular weight is 281 g/mol.